The third-order valence-electron chi connectivity index (χ3n) is 6.56. The number of benzene rings is 1. The Balaban J connectivity index is 1.46. The molecule has 0 bridgehead atoms. The molecule has 2 atom stereocenters. The number of fused-ring (bicyclic) bond motifs is 1. The summed E-state index contributed by atoms with van der Waals surface area (Å²) in [5, 5.41) is 7.67. The summed E-state index contributed by atoms with van der Waals surface area (Å²) >= 11 is 0. The minimum Gasteiger partial charge on any atom is -0.445 e. The van der Waals surface area contributed by atoms with Crippen molar-refractivity contribution in [2.24, 2.45) is 0 Å². The first-order valence-corrected chi connectivity index (χ1v) is 12.0. The maximum absolute atomic E-state index is 13.2. The van der Waals surface area contributed by atoms with Gasteiger partial charge in [-0.1, -0.05) is 0 Å². The number of hydrogen-bond donors (Lipinski definition) is 1. The number of aryl methyl sites for hydroxylation is 1. The van der Waals surface area contributed by atoms with Gasteiger partial charge in [-0.3, -0.25) is 9.48 Å². The molecule has 0 radical (unpaired) electrons. The van der Waals surface area contributed by atoms with Gasteiger partial charge in [0.15, 0.2) is 5.69 Å². The van der Waals surface area contributed by atoms with E-state index in [9.17, 15) is 35.9 Å². The quantitative estimate of drug-likeness (QED) is 0.581. The van der Waals surface area contributed by atoms with E-state index in [-0.39, 0.29) is 42.8 Å². The number of ether oxygens (including phenoxy) is 1. The summed E-state index contributed by atoms with van der Waals surface area (Å²) in [6.45, 7) is 5.06. The van der Waals surface area contributed by atoms with Crippen molar-refractivity contribution in [3.8, 4) is 0 Å². The van der Waals surface area contributed by atoms with Crippen molar-refractivity contribution in [1.29, 1.82) is 0 Å². The standard InChI is InChI=1S/C24H27F6N5O3/c1-14-10-31-11-15(2)35(14)21(36)20-9-19-12-33(4-3-5-34(19)32-20)22(37)38-13-16-6-17(23(25,26)27)8-18(7-16)24(28,29)30/h6-9,14-15,31H,3-5,10-13H2,1-2H3/t14-,15-/m1/s1. The molecule has 8 nitrogen and oxygen atoms in total. The van der Waals surface area contributed by atoms with Gasteiger partial charge in [0.2, 0.25) is 0 Å². The van der Waals surface area contributed by atoms with Crippen LogP contribution < -0.4 is 5.32 Å². The number of carbonyl (C=O) groups is 2. The van der Waals surface area contributed by atoms with E-state index < -0.39 is 41.7 Å². The van der Waals surface area contributed by atoms with Crippen molar-refractivity contribution in [3.63, 3.8) is 0 Å². The Hall–Kier alpha value is -3.29. The highest BCUT2D eigenvalue weighted by Gasteiger charge is 2.37. The van der Waals surface area contributed by atoms with E-state index in [2.05, 4.69) is 10.4 Å². The summed E-state index contributed by atoms with van der Waals surface area (Å²) in [7, 11) is 0. The number of alkyl halides is 6. The fourth-order valence-corrected chi connectivity index (χ4v) is 4.73. The first kappa shape index (κ1) is 27.7. The Kier molecular flexibility index (Phi) is 7.64. The lowest BCUT2D eigenvalue weighted by Crippen LogP contribution is -2.57. The van der Waals surface area contributed by atoms with Crippen molar-refractivity contribution in [2.75, 3.05) is 19.6 Å². The zero-order valence-electron chi connectivity index (χ0n) is 20.7. The van der Waals surface area contributed by atoms with Crippen LogP contribution in [0.15, 0.2) is 24.3 Å². The zero-order chi connectivity index (χ0) is 27.8. The monoisotopic (exact) mass is 547 g/mol. The summed E-state index contributed by atoms with van der Waals surface area (Å²) in [6, 6.07) is 2.59. The molecule has 0 saturated carbocycles. The number of hydrogen-bond acceptors (Lipinski definition) is 5. The van der Waals surface area contributed by atoms with Crippen LogP contribution in [0.2, 0.25) is 0 Å². The van der Waals surface area contributed by atoms with E-state index in [1.165, 1.54) is 4.90 Å². The molecule has 1 saturated heterocycles. The summed E-state index contributed by atoms with van der Waals surface area (Å²) < 4.78 is 85.4. The molecule has 1 aromatic carbocycles. The van der Waals surface area contributed by atoms with Crippen LogP contribution in [0.25, 0.3) is 0 Å². The van der Waals surface area contributed by atoms with Crippen LogP contribution in [0.3, 0.4) is 0 Å². The number of nitrogens with one attached hydrogen (secondary N) is 1. The van der Waals surface area contributed by atoms with Crippen LogP contribution in [0.4, 0.5) is 31.1 Å². The summed E-state index contributed by atoms with van der Waals surface area (Å²) in [5.41, 5.74) is -2.60. The third kappa shape index (κ3) is 6.05. The molecule has 208 valence electrons. The summed E-state index contributed by atoms with van der Waals surface area (Å²) in [6.07, 6.45) is -10.4. The van der Waals surface area contributed by atoms with E-state index >= 15 is 0 Å². The highest BCUT2D eigenvalue weighted by molar-refractivity contribution is 5.93. The van der Waals surface area contributed by atoms with Crippen LogP contribution >= 0.6 is 0 Å². The lowest BCUT2D eigenvalue weighted by atomic mass is 10.1. The van der Waals surface area contributed by atoms with E-state index in [4.69, 9.17) is 4.74 Å². The van der Waals surface area contributed by atoms with Gasteiger partial charge in [-0.15, -0.1) is 0 Å². The van der Waals surface area contributed by atoms with Gasteiger partial charge in [-0.2, -0.15) is 31.4 Å². The first-order valence-electron chi connectivity index (χ1n) is 12.0. The topological polar surface area (TPSA) is 79.7 Å². The number of piperazine rings is 1. The molecule has 14 heteroatoms. The minimum absolute atomic E-state index is 0.0159. The van der Waals surface area contributed by atoms with Gasteiger partial charge in [-0.05, 0) is 50.1 Å². The van der Waals surface area contributed by atoms with Gasteiger partial charge in [0, 0.05) is 38.3 Å². The molecular weight excluding hydrogens is 520 g/mol. The molecule has 2 amide bonds. The Morgan fingerprint density at radius 1 is 0.974 bits per heavy atom. The van der Waals surface area contributed by atoms with Crippen LogP contribution in [-0.4, -0.2) is 63.3 Å². The number of nitrogens with zero attached hydrogens (tertiary/aromatic N) is 4. The second kappa shape index (κ2) is 10.5. The predicted octanol–water partition coefficient (Wildman–Crippen LogP) is 4.29. The molecule has 2 aliphatic rings. The predicted molar refractivity (Wildman–Crippen MR) is 122 cm³/mol. The number of carbonyl (C=O) groups excluding carboxylic acids is 2. The molecule has 0 unspecified atom stereocenters. The van der Waals surface area contributed by atoms with Gasteiger partial charge < -0.3 is 19.9 Å². The van der Waals surface area contributed by atoms with E-state index in [0.29, 0.717) is 43.9 Å². The molecule has 1 aromatic heterocycles. The number of amides is 2. The Morgan fingerprint density at radius 3 is 2.16 bits per heavy atom. The number of aromatic nitrogens is 2. The fourth-order valence-electron chi connectivity index (χ4n) is 4.73. The molecule has 38 heavy (non-hydrogen) atoms. The van der Waals surface area contributed by atoms with Gasteiger partial charge in [0.05, 0.1) is 23.4 Å². The fraction of sp³-hybridized carbons (Fsp3) is 0.542. The molecule has 4 rings (SSSR count). The molecule has 1 fully saturated rings. The van der Waals surface area contributed by atoms with Crippen molar-refractivity contribution < 1.29 is 40.7 Å². The van der Waals surface area contributed by atoms with Gasteiger partial charge >= 0.3 is 18.4 Å². The highest BCUT2D eigenvalue weighted by atomic mass is 19.4. The maximum Gasteiger partial charge on any atom is 0.416 e. The maximum atomic E-state index is 13.2. The second-order valence-electron chi connectivity index (χ2n) is 9.56. The average Bonchev–Trinajstić information content (AvgIpc) is 3.12. The van der Waals surface area contributed by atoms with E-state index in [0.717, 1.165) is 0 Å². The molecule has 0 spiro atoms. The lowest BCUT2D eigenvalue weighted by molar-refractivity contribution is -0.143. The largest absolute Gasteiger partial charge is 0.445 e. The third-order valence-corrected chi connectivity index (χ3v) is 6.56. The molecule has 2 aromatic rings. The summed E-state index contributed by atoms with van der Waals surface area (Å²) in [5.74, 6) is -0.230. The zero-order valence-corrected chi connectivity index (χ0v) is 20.7. The number of rotatable bonds is 3. The normalized spacial score (nSPS) is 20.6. The molecule has 1 N–H and O–H groups in total. The van der Waals surface area contributed by atoms with Crippen molar-refractivity contribution in [3.05, 3.63) is 52.3 Å². The SMILES string of the molecule is C[C@@H]1CNC[C@@H](C)N1C(=O)c1cc2n(n1)CCCN(C(=O)OCc1cc(C(F)(F)F)cc(C(F)(F)F)c1)C2. The van der Waals surface area contributed by atoms with Crippen molar-refractivity contribution in [1.82, 2.24) is 24.9 Å². The minimum atomic E-state index is -5.00. The van der Waals surface area contributed by atoms with E-state index in [1.54, 1.807) is 15.6 Å². The van der Waals surface area contributed by atoms with Crippen molar-refractivity contribution in [2.45, 2.75) is 64.4 Å². The average molecular weight is 548 g/mol. The molecule has 3 heterocycles. The molecule has 0 aliphatic carbocycles. The molecule has 2 aliphatic heterocycles. The van der Waals surface area contributed by atoms with Gasteiger partial charge in [0.1, 0.15) is 6.61 Å². The highest BCUT2D eigenvalue weighted by Crippen LogP contribution is 2.36. The van der Waals surface area contributed by atoms with E-state index in [1.807, 2.05) is 13.8 Å². The van der Waals surface area contributed by atoms with Crippen molar-refractivity contribution >= 4 is 12.0 Å². The number of halogens is 6. The molecular formula is C24H27F6N5O3. The summed E-state index contributed by atoms with van der Waals surface area (Å²) in [4.78, 5) is 28.9. The van der Waals surface area contributed by atoms with Crippen LogP contribution in [0.5, 0.6) is 0 Å². The van der Waals surface area contributed by atoms with Crippen LogP contribution in [0, 0.1) is 0 Å². The first-order chi connectivity index (χ1) is 17.7. The second-order valence-corrected chi connectivity index (χ2v) is 9.56. The Morgan fingerprint density at radius 2 is 1.58 bits per heavy atom. The van der Waals surface area contributed by atoms with Crippen LogP contribution in [-0.2, 0) is 36.8 Å². The lowest BCUT2D eigenvalue weighted by Gasteiger charge is -2.39. The van der Waals surface area contributed by atoms with Gasteiger partial charge in [-0.25, -0.2) is 4.79 Å². The van der Waals surface area contributed by atoms with Gasteiger partial charge in [0.25, 0.3) is 5.91 Å². The Labute approximate surface area is 214 Å². The Bertz CT molecular complexity index is 1150. The van der Waals surface area contributed by atoms with Crippen LogP contribution in [0.1, 0.15) is 53.1 Å². The smallest absolute Gasteiger partial charge is 0.416 e.